The molecule has 4 heterocycles. The van der Waals surface area contributed by atoms with E-state index in [9.17, 15) is 9.18 Å². The first-order valence-electron chi connectivity index (χ1n) is 10.5. The second-order valence-electron chi connectivity index (χ2n) is 7.38. The summed E-state index contributed by atoms with van der Waals surface area (Å²) >= 11 is 0. The number of hydrogen-bond acceptors (Lipinski definition) is 8. The monoisotopic (exact) mass is 470 g/mol. The Bertz CT molecular complexity index is 1580. The van der Waals surface area contributed by atoms with Crippen molar-refractivity contribution in [2.45, 2.75) is 6.54 Å². The summed E-state index contributed by atoms with van der Waals surface area (Å²) in [6, 6.07) is 12.4. The zero-order chi connectivity index (χ0) is 24.4. The minimum absolute atomic E-state index is 0.218. The number of nitrogens with zero attached hydrogens (tertiary/aromatic N) is 7. The largest absolute Gasteiger partial charge is 0.497 e. The number of benzene rings is 1. The van der Waals surface area contributed by atoms with Gasteiger partial charge in [-0.05, 0) is 36.4 Å². The third-order valence-corrected chi connectivity index (χ3v) is 5.12. The molecule has 5 aromatic rings. The van der Waals surface area contributed by atoms with Crippen LogP contribution in [-0.2, 0) is 6.54 Å². The van der Waals surface area contributed by atoms with Crippen molar-refractivity contribution in [3.63, 3.8) is 0 Å². The van der Waals surface area contributed by atoms with Crippen LogP contribution in [0.4, 0.5) is 16.0 Å². The number of methoxy groups -OCH3 is 1. The zero-order valence-corrected chi connectivity index (χ0v) is 18.6. The predicted octanol–water partition coefficient (Wildman–Crippen LogP) is 3.51. The van der Waals surface area contributed by atoms with E-state index < -0.39 is 5.82 Å². The number of allylic oxidation sites excluding steroid dienone is 1. The van der Waals surface area contributed by atoms with Gasteiger partial charge in [0.15, 0.2) is 23.1 Å². The maximum Gasteiger partial charge on any atom is 0.278 e. The van der Waals surface area contributed by atoms with Gasteiger partial charge in [0.05, 0.1) is 26.0 Å². The summed E-state index contributed by atoms with van der Waals surface area (Å²) in [5.41, 5.74) is 1.22. The molecule has 174 valence electrons. The highest BCUT2D eigenvalue weighted by Gasteiger charge is 2.18. The summed E-state index contributed by atoms with van der Waals surface area (Å²) < 4.78 is 21.5. The number of nitrogens with one attached hydrogen (secondary N) is 1. The maximum absolute atomic E-state index is 13.3. The van der Waals surface area contributed by atoms with E-state index >= 15 is 0 Å². The van der Waals surface area contributed by atoms with Crippen molar-refractivity contribution in [1.82, 2.24) is 34.3 Å². The number of rotatable bonds is 7. The van der Waals surface area contributed by atoms with Gasteiger partial charge in [-0.2, -0.15) is 4.98 Å². The van der Waals surface area contributed by atoms with Gasteiger partial charge in [0.1, 0.15) is 16.8 Å². The quantitative estimate of drug-likeness (QED) is 0.360. The Balaban J connectivity index is 1.63. The van der Waals surface area contributed by atoms with Crippen LogP contribution in [0.5, 0.6) is 5.75 Å². The maximum atomic E-state index is 13.3. The summed E-state index contributed by atoms with van der Waals surface area (Å²) in [5.74, 6) is 1.12. The summed E-state index contributed by atoms with van der Waals surface area (Å²) in [7, 11) is 1.60. The molecule has 0 radical (unpaired) electrons. The molecule has 0 aliphatic rings. The molecular weight excluding hydrogens is 451 g/mol. The van der Waals surface area contributed by atoms with Gasteiger partial charge in [0, 0.05) is 11.9 Å². The van der Waals surface area contributed by atoms with Gasteiger partial charge in [0.2, 0.25) is 5.95 Å². The van der Waals surface area contributed by atoms with Crippen LogP contribution in [0.25, 0.3) is 28.4 Å². The normalized spacial score (nSPS) is 10.9. The molecule has 0 spiro atoms. The average Bonchev–Trinajstić information content (AvgIpc) is 3.16. The van der Waals surface area contributed by atoms with Gasteiger partial charge in [-0.15, -0.1) is 6.58 Å². The number of halogens is 1. The molecule has 0 aliphatic carbocycles. The Kier molecular flexibility index (Phi) is 5.71. The molecule has 1 aromatic carbocycles. The van der Waals surface area contributed by atoms with Crippen LogP contribution in [0.3, 0.4) is 0 Å². The lowest BCUT2D eigenvalue weighted by Gasteiger charge is -2.11. The molecule has 0 atom stereocenters. The standard InChI is InChI=1S/C24H19FN8O2/c1-3-11-32-23(34)18-14-28-24(29-16-7-9-17(35-2)10-8-16)31-22(18)33(32)20-6-4-5-19(30-20)21-26-12-15(25)13-27-21/h3-10,12-14H,1,11H2,2H3,(H,28,29,31). The number of ether oxygens (including phenoxy) is 1. The topological polar surface area (TPSA) is 113 Å². The molecule has 0 amide bonds. The summed E-state index contributed by atoms with van der Waals surface area (Å²) in [5, 5.41) is 3.45. The molecule has 4 aromatic heterocycles. The van der Waals surface area contributed by atoms with Crippen molar-refractivity contribution < 1.29 is 9.13 Å². The highest BCUT2D eigenvalue weighted by molar-refractivity contribution is 5.77. The van der Waals surface area contributed by atoms with E-state index in [2.05, 4.69) is 36.8 Å². The van der Waals surface area contributed by atoms with Crippen LogP contribution >= 0.6 is 0 Å². The van der Waals surface area contributed by atoms with E-state index in [1.165, 1.54) is 10.9 Å². The Morgan fingerprint density at radius 2 is 1.83 bits per heavy atom. The lowest BCUT2D eigenvalue weighted by Crippen LogP contribution is -2.22. The number of hydrogen-bond donors (Lipinski definition) is 1. The first kappa shape index (κ1) is 21.9. The third-order valence-electron chi connectivity index (χ3n) is 5.12. The fraction of sp³-hybridized carbons (Fsp3) is 0.0833. The van der Waals surface area contributed by atoms with Gasteiger partial charge in [-0.25, -0.2) is 33.7 Å². The molecule has 1 N–H and O–H groups in total. The predicted molar refractivity (Wildman–Crippen MR) is 128 cm³/mol. The fourth-order valence-corrected chi connectivity index (χ4v) is 3.52. The fourth-order valence-electron chi connectivity index (χ4n) is 3.52. The molecule has 0 fully saturated rings. The van der Waals surface area contributed by atoms with E-state index in [0.717, 1.165) is 23.8 Å². The van der Waals surface area contributed by atoms with Gasteiger partial charge >= 0.3 is 0 Å². The van der Waals surface area contributed by atoms with E-state index in [0.29, 0.717) is 28.5 Å². The molecule has 0 saturated carbocycles. The van der Waals surface area contributed by atoms with E-state index in [4.69, 9.17) is 4.74 Å². The smallest absolute Gasteiger partial charge is 0.278 e. The van der Waals surface area contributed by atoms with Crippen LogP contribution in [0.15, 0.2) is 78.5 Å². The Labute approximate surface area is 198 Å². The first-order chi connectivity index (χ1) is 17.1. The highest BCUT2D eigenvalue weighted by atomic mass is 19.1. The van der Waals surface area contributed by atoms with Gasteiger partial charge in [0.25, 0.3) is 5.56 Å². The molecule has 5 rings (SSSR count). The molecule has 0 unspecified atom stereocenters. The lowest BCUT2D eigenvalue weighted by molar-refractivity contribution is 0.415. The molecule has 0 bridgehead atoms. The van der Waals surface area contributed by atoms with Crippen LogP contribution in [0.1, 0.15) is 0 Å². The Morgan fingerprint density at radius 1 is 1.06 bits per heavy atom. The second kappa shape index (κ2) is 9.14. The van der Waals surface area contributed by atoms with Crippen LogP contribution < -0.4 is 15.6 Å². The van der Waals surface area contributed by atoms with Gasteiger partial charge in [-0.1, -0.05) is 12.1 Å². The van der Waals surface area contributed by atoms with E-state index in [-0.39, 0.29) is 17.9 Å². The molecule has 0 saturated heterocycles. The molecule has 11 heteroatoms. The van der Waals surface area contributed by atoms with Crippen molar-refractivity contribution in [1.29, 1.82) is 0 Å². The average molecular weight is 470 g/mol. The van der Waals surface area contributed by atoms with Crippen LogP contribution in [0.2, 0.25) is 0 Å². The highest BCUT2D eigenvalue weighted by Crippen LogP contribution is 2.21. The number of pyridine rings is 1. The number of aromatic nitrogens is 7. The van der Waals surface area contributed by atoms with E-state index in [1.807, 2.05) is 24.3 Å². The van der Waals surface area contributed by atoms with E-state index in [1.54, 1.807) is 36.1 Å². The summed E-state index contributed by atoms with van der Waals surface area (Å²) in [6.45, 7) is 3.97. The second-order valence-corrected chi connectivity index (χ2v) is 7.38. The lowest BCUT2D eigenvalue weighted by atomic mass is 10.3. The first-order valence-corrected chi connectivity index (χ1v) is 10.5. The van der Waals surface area contributed by atoms with Gasteiger partial charge in [-0.3, -0.25) is 4.79 Å². The van der Waals surface area contributed by atoms with Gasteiger partial charge < -0.3 is 10.1 Å². The van der Waals surface area contributed by atoms with Crippen molar-refractivity contribution in [3.05, 3.63) is 89.9 Å². The minimum atomic E-state index is -0.547. The Morgan fingerprint density at radius 3 is 2.54 bits per heavy atom. The molecular formula is C24H19FN8O2. The SMILES string of the molecule is C=CCn1c(=O)c2cnc(Nc3ccc(OC)cc3)nc2n1-c1cccc(-c2ncc(F)cn2)n1. The minimum Gasteiger partial charge on any atom is -0.497 e. The van der Waals surface area contributed by atoms with Crippen LogP contribution in [0, 0.1) is 5.82 Å². The number of anilines is 2. The van der Waals surface area contributed by atoms with Crippen molar-refractivity contribution in [2.75, 3.05) is 12.4 Å². The van der Waals surface area contributed by atoms with Crippen LogP contribution in [-0.4, -0.2) is 41.4 Å². The number of fused-ring (bicyclic) bond motifs is 1. The van der Waals surface area contributed by atoms with Crippen molar-refractivity contribution in [3.8, 4) is 23.1 Å². The zero-order valence-electron chi connectivity index (χ0n) is 18.6. The molecule has 10 nitrogen and oxygen atoms in total. The van der Waals surface area contributed by atoms with Crippen molar-refractivity contribution >= 4 is 22.7 Å². The molecule has 35 heavy (non-hydrogen) atoms. The Hall–Kier alpha value is -4.93. The molecule has 0 aliphatic heterocycles. The third kappa shape index (κ3) is 4.22. The summed E-state index contributed by atoms with van der Waals surface area (Å²) in [6.07, 6.45) is 5.21. The van der Waals surface area contributed by atoms with Crippen molar-refractivity contribution in [2.24, 2.45) is 0 Å². The summed E-state index contributed by atoms with van der Waals surface area (Å²) in [4.78, 5) is 34.6.